The van der Waals surface area contributed by atoms with Crippen LogP contribution in [-0.4, -0.2) is 23.2 Å². The molecule has 0 saturated carbocycles. The van der Waals surface area contributed by atoms with Gasteiger partial charge in [-0.25, -0.2) is 5.84 Å². The molecule has 6 N–H and O–H groups in total. The van der Waals surface area contributed by atoms with E-state index in [-0.39, 0.29) is 30.1 Å². The Hall–Kier alpha value is -11.7. The van der Waals surface area contributed by atoms with Crippen molar-refractivity contribution in [1.29, 1.82) is 5.16 Å². The minimum Gasteiger partial charge on any atom is -0.507 e. The number of benzene rings is 16. The fourth-order valence-corrected chi connectivity index (χ4v) is 14.0. The number of hydrogen-bond donors (Lipinski definition) is 5. The summed E-state index contributed by atoms with van der Waals surface area (Å²) in [6, 6.07) is 103. The smallest absolute Gasteiger partial charge is 0.126 e. The SMILES string of the molecule is C=Cc1ccc(CCl)cc1.C=Cc1ccc(COc2cccc3ccc(Cc4ccc5ccc(Cc6ccc7ccccc7c6OCc6ccc(C=C)cc6)cc5c4OCc4ccc(C=C)cc4)cc23)cc1.N=P[N]=[V].NN=P.Oc1cccc2ccc(Cc3ccc4ccc(Cc5ccc6ccccc6c5O)cc4c3O)cc12.[B]C.[V]. The van der Waals surface area contributed by atoms with Crippen molar-refractivity contribution in [3.05, 3.63) is 419 Å². The van der Waals surface area contributed by atoms with Crippen molar-refractivity contribution in [2.45, 2.75) is 58.2 Å². The summed E-state index contributed by atoms with van der Waals surface area (Å²) >= 11 is 7.56. The largest absolute Gasteiger partial charge is 0.507 e. The van der Waals surface area contributed by atoms with Gasteiger partial charge in [-0.2, -0.15) is 4.85 Å². The molecular formula is C101H88BClN4O6P2V2. The third-order valence-corrected chi connectivity index (χ3v) is 20.7. The first kappa shape index (κ1) is 87.7. The number of rotatable bonds is 23. The van der Waals surface area contributed by atoms with Crippen molar-refractivity contribution < 1.29 is 65.3 Å². The molecule has 16 aromatic carbocycles. The molecule has 0 aliphatic heterocycles. The predicted octanol–water partition coefficient (Wildman–Crippen LogP) is 27.2. The molecule has 0 bridgehead atoms. The number of nitrogens with one attached hydrogen (secondary N) is 1. The van der Waals surface area contributed by atoms with Crippen LogP contribution in [0.1, 0.15) is 89.0 Å². The summed E-state index contributed by atoms with van der Waals surface area (Å²) in [7, 11) is 7.43. The van der Waals surface area contributed by atoms with Crippen molar-refractivity contribution in [2.75, 3.05) is 0 Å². The summed E-state index contributed by atoms with van der Waals surface area (Å²) in [6.07, 6.45) is 9.91. The standard InChI is InChI=1S/C59H48O3.C32H24O3.C9H9Cl.CH3B.HN2P.H3N2P.2V/c1-4-41-14-20-44(21-15-41)38-60-57-13-9-11-50-28-26-47(36-55(50)57)34-53-33-31-51-29-27-48(37-56(51)59(53)62-40-46-24-18-43(6-3)19-25-46)35-52-32-30-49-10-7-8-12-54(49)58(52)61-39-45-22-16-42(5-2)17-23-45;33-30-7-3-5-23-10-8-20(18-28(23)30)16-26-15-13-24-11-9-21(19-29(24)32(26)35)17-25-14-12-22-4-1-2-6-27(22)31(25)34;1-2-8-3-5-9(7-10)6-4-8;1-2;1-3-2;1-2-3;;/h4-33,36-37H,1-3,34-35,38-40H2;1-15,18-19,33-35H,16-17H2;2-6H,1,7H2;1H3;1H;3H,1H2;;. The number of nitrogens with two attached hydrogens (primary N) is 1. The zero-order valence-electron chi connectivity index (χ0n) is 65.0. The first-order valence-electron chi connectivity index (χ1n) is 37.7. The molecule has 16 aromatic rings. The van der Waals surface area contributed by atoms with Crippen LogP contribution in [-0.2, 0) is 87.2 Å². The van der Waals surface area contributed by atoms with Crippen LogP contribution in [0.15, 0.2) is 338 Å². The van der Waals surface area contributed by atoms with Crippen LogP contribution in [0.25, 0.3) is 88.9 Å². The molecule has 578 valence electrons. The van der Waals surface area contributed by atoms with Gasteiger partial charge in [-0.3, -0.25) is 0 Å². The number of phenols is 3. The van der Waals surface area contributed by atoms with Crippen molar-refractivity contribution in [3.63, 3.8) is 0 Å². The van der Waals surface area contributed by atoms with Gasteiger partial charge in [-0.1, -0.05) is 324 Å². The van der Waals surface area contributed by atoms with Crippen molar-refractivity contribution in [2.24, 2.45) is 14.3 Å². The van der Waals surface area contributed by atoms with E-state index in [0.29, 0.717) is 65.7 Å². The Balaban J connectivity index is 0.000000218. The summed E-state index contributed by atoms with van der Waals surface area (Å²) in [5, 5.41) is 50.5. The van der Waals surface area contributed by atoms with Gasteiger partial charge in [0.25, 0.3) is 0 Å². The van der Waals surface area contributed by atoms with E-state index >= 15 is 0 Å². The van der Waals surface area contributed by atoms with E-state index in [0.717, 1.165) is 160 Å². The molecule has 0 saturated heterocycles. The number of hydrogen-bond acceptors (Lipinski definition) is 8. The molecule has 0 unspecified atom stereocenters. The van der Waals surface area contributed by atoms with E-state index in [1.165, 1.54) is 17.9 Å². The van der Waals surface area contributed by atoms with Crippen LogP contribution in [0.3, 0.4) is 0 Å². The third kappa shape index (κ3) is 23.3. The van der Waals surface area contributed by atoms with Gasteiger partial charge in [-0.15, -0.1) is 11.6 Å². The predicted molar refractivity (Wildman–Crippen MR) is 487 cm³/mol. The Morgan fingerprint density at radius 2 is 0.684 bits per heavy atom. The summed E-state index contributed by atoms with van der Waals surface area (Å²) in [6.45, 7) is 18.2. The number of alkyl halides is 1. The van der Waals surface area contributed by atoms with Gasteiger partial charge in [0.15, 0.2) is 0 Å². The molecule has 16 rings (SSSR count). The fourth-order valence-electron chi connectivity index (χ4n) is 13.8. The molecular weight excluding hydrogens is 1580 g/mol. The average molecular weight is 1660 g/mol. The van der Waals surface area contributed by atoms with Crippen molar-refractivity contribution in [1.82, 2.24) is 0 Å². The summed E-state index contributed by atoms with van der Waals surface area (Å²) in [5.41, 5.74) is 17.2. The van der Waals surface area contributed by atoms with Gasteiger partial charge in [0, 0.05) is 91.5 Å². The van der Waals surface area contributed by atoms with E-state index < -0.39 is 0 Å². The van der Waals surface area contributed by atoms with Crippen molar-refractivity contribution >= 4 is 126 Å². The number of halogens is 1. The van der Waals surface area contributed by atoms with Crippen molar-refractivity contribution in [3.8, 4) is 34.5 Å². The van der Waals surface area contributed by atoms with E-state index in [2.05, 4.69) is 233 Å². The second kappa shape index (κ2) is 44.4. The molecule has 16 heteroatoms. The quantitative estimate of drug-likeness (QED) is 0.0140. The molecule has 0 heterocycles. The van der Waals surface area contributed by atoms with E-state index in [4.69, 9.17) is 31.0 Å². The van der Waals surface area contributed by atoms with Crippen LogP contribution in [0.5, 0.6) is 34.5 Å². The zero-order chi connectivity index (χ0) is 81.7. The molecule has 0 aliphatic rings. The molecule has 10 nitrogen and oxygen atoms in total. The molecule has 3 radical (unpaired) electrons. The van der Waals surface area contributed by atoms with Crippen LogP contribution in [0.4, 0.5) is 0 Å². The van der Waals surface area contributed by atoms with Gasteiger partial charge < -0.3 is 29.5 Å². The number of fused-ring (bicyclic) bond motifs is 6. The van der Waals surface area contributed by atoms with Crippen LogP contribution in [0, 0.1) is 5.16 Å². The number of aromatic hydroxyl groups is 3. The first-order valence-corrected chi connectivity index (χ1v) is 40.1. The minimum absolute atomic E-state index is 0. The maximum absolute atomic E-state index is 11.2. The summed E-state index contributed by atoms with van der Waals surface area (Å²) in [4.78, 5) is 2.81. The Kier molecular flexibility index (Phi) is 33.3. The maximum atomic E-state index is 11.2. The Bertz CT molecular complexity index is 6150. The second-order valence-electron chi connectivity index (χ2n) is 27.3. The van der Waals surface area contributed by atoms with Gasteiger partial charge in [0.2, 0.25) is 0 Å². The zero-order valence-corrected chi connectivity index (χ0v) is 70.4. The number of phenolic OH excluding ortho intramolecular Hbond substituents is 3. The molecule has 0 fully saturated rings. The second-order valence-corrected chi connectivity index (χ2v) is 29.0. The summed E-state index contributed by atoms with van der Waals surface area (Å²) in [5.74, 6) is 8.47. The fraction of sp³-hybridized carbons (Fsp3) is 0.0891. The minimum atomic E-state index is 0. The normalized spacial score (nSPS) is 10.5. The van der Waals surface area contributed by atoms with Gasteiger partial charge in [0.1, 0.15) is 54.3 Å². The maximum Gasteiger partial charge on any atom is 0.126 e. The first-order chi connectivity index (χ1) is 56.8. The van der Waals surface area contributed by atoms with Gasteiger partial charge >= 0.3 is 34.5 Å². The van der Waals surface area contributed by atoms with Crippen LogP contribution >= 0.6 is 29.2 Å². The molecule has 0 aromatic heterocycles. The van der Waals surface area contributed by atoms with Crippen LogP contribution < -0.4 is 20.1 Å². The number of ether oxygens (including phenoxy) is 3. The molecule has 0 spiro atoms. The van der Waals surface area contributed by atoms with E-state index in [1.807, 2.05) is 163 Å². The average Bonchev–Trinajstić information content (AvgIpc) is 0.783. The van der Waals surface area contributed by atoms with E-state index in [1.54, 1.807) is 6.07 Å². The molecule has 0 amide bonds. The molecule has 117 heavy (non-hydrogen) atoms. The molecule has 0 atom stereocenters. The Labute approximate surface area is 716 Å². The Morgan fingerprint density at radius 3 is 1.13 bits per heavy atom. The monoisotopic (exact) mass is 1660 g/mol. The van der Waals surface area contributed by atoms with E-state index in [9.17, 15) is 15.3 Å². The Morgan fingerprint density at radius 1 is 0.385 bits per heavy atom. The molecule has 0 aliphatic carbocycles. The van der Waals surface area contributed by atoms with Gasteiger partial charge in [0.05, 0.1) is 7.85 Å². The topological polar surface area (TPSA) is 163 Å². The number of nitrogens with zero attached hydrogens (tertiary/aromatic N) is 2. The van der Waals surface area contributed by atoms with Crippen LogP contribution in [0.2, 0.25) is 6.82 Å². The summed E-state index contributed by atoms with van der Waals surface area (Å²) < 4.78 is 23.4. The van der Waals surface area contributed by atoms with Gasteiger partial charge in [-0.05, 0) is 158 Å². The third-order valence-electron chi connectivity index (χ3n) is 19.8.